The molecule has 0 amide bonds. The molecular weight excluding hydrogens is 262 g/mol. The second kappa shape index (κ2) is 8.27. The summed E-state index contributed by atoms with van der Waals surface area (Å²) >= 11 is 0. The van der Waals surface area contributed by atoms with Gasteiger partial charge in [-0.1, -0.05) is 30.4 Å². The van der Waals surface area contributed by atoms with Crippen LogP contribution in [-0.2, 0) is 6.54 Å². The standard InChI is InChI=1S/C17H23N3O/c1-15-19-12-14-20(15)13-6-11-18-10-5-8-16-7-3-4-9-17(16)21-2/h3-5,7-9,12,14,18H,6,10-11,13H2,1-2H3. The fourth-order valence-corrected chi connectivity index (χ4v) is 2.19. The van der Waals surface area contributed by atoms with Gasteiger partial charge >= 0.3 is 0 Å². The summed E-state index contributed by atoms with van der Waals surface area (Å²) in [5.74, 6) is 1.98. The Morgan fingerprint density at radius 3 is 2.95 bits per heavy atom. The summed E-state index contributed by atoms with van der Waals surface area (Å²) < 4.78 is 7.49. The van der Waals surface area contributed by atoms with Gasteiger partial charge in [-0.25, -0.2) is 4.98 Å². The Morgan fingerprint density at radius 2 is 2.19 bits per heavy atom. The molecule has 4 nitrogen and oxygen atoms in total. The van der Waals surface area contributed by atoms with Gasteiger partial charge in [0.25, 0.3) is 0 Å². The van der Waals surface area contributed by atoms with Crippen LogP contribution in [0.15, 0.2) is 42.7 Å². The molecule has 0 spiro atoms. The largest absolute Gasteiger partial charge is 0.496 e. The van der Waals surface area contributed by atoms with E-state index in [9.17, 15) is 0 Å². The molecule has 1 heterocycles. The highest BCUT2D eigenvalue weighted by molar-refractivity contribution is 5.57. The number of aromatic nitrogens is 2. The van der Waals surface area contributed by atoms with Gasteiger partial charge in [0.15, 0.2) is 0 Å². The summed E-state index contributed by atoms with van der Waals surface area (Å²) in [6.45, 7) is 4.90. The van der Waals surface area contributed by atoms with Crippen molar-refractivity contribution in [3.8, 4) is 5.75 Å². The van der Waals surface area contributed by atoms with E-state index in [2.05, 4.69) is 33.1 Å². The lowest BCUT2D eigenvalue weighted by atomic mass is 10.2. The summed E-state index contributed by atoms with van der Waals surface area (Å²) in [7, 11) is 1.70. The number of ether oxygens (including phenoxy) is 1. The van der Waals surface area contributed by atoms with Crippen LogP contribution in [0.2, 0.25) is 0 Å². The van der Waals surface area contributed by atoms with Gasteiger partial charge in [-0.2, -0.15) is 0 Å². The maximum Gasteiger partial charge on any atom is 0.126 e. The number of benzene rings is 1. The van der Waals surface area contributed by atoms with Crippen LogP contribution in [0, 0.1) is 6.92 Å². The molecule has 0 saturated heterocycles. The lowest BCUT2D eigenvalue weighted by Crippen LogP contribution is -2.16. The Balaban J connectivity index is 1.65. The Labute approximate surface area is 126 Å². The van der Waals surface area contributed by atoms with Crippen LogP contribution in [0.3, 0.4) is 0 Å². The van der Waals surface area contributed by atoms with E-state index >= 15 is 0 Å². The van der Waals surface area contributed by atoms with E-state index in [0.29, 0.717) is 0 Å². The van der Waals surface area contributed by atoms with E-state index in [0.717, 1.165) is 43.2 Å². The zero-order valence-corrected chi connectivity index (χ0v) is 12.7. The third-order valence-corrected chi connectivity index (χ3v) is 3.37. The van der Waals surface area contributed by atoms with Crippen molar-refractivity contribution in [1.29, 1.82) is 0 Å². The second-order valence-corrected chi connectivity index (χ2v) is 4.87. The number of para-hydroxylation sites is 1. The molecule has 4 heteroatoms. The fourth-order valence-electron chi connectivity index (χ4n) is 2.19. The van der Waals surface area contributed by atoms with Crippen molar-refractivity contribution >= 4 is 6.08 Å². The molecule has 0 bridgehead atoms. The third kappa shape index (κ3) is 4.76. The molecule has 0 unspecified atom stereocenters. The smallest absolute Gasteiger partial charge is 0.126 e. The molecule has 1 aromatic carbocycles. The van der Waals surface area contributed by atoms with E-state index < -0.39 is 0 Å². The Bertz CT molecular complexity index is 575. The second-order valence-electron chi connectivity index (χ2n) is 4.87. The summed E-state index contributed by atoms with van der Waals surface area (Å²) in [6.07, 6.45) is 9.18. The van der Waals surface area contributed by atoms with E-state index in [1.807, 2.05) is 37.5 Å². The summed E-state index contributed by atoms with van der Waals surface area (Å²) in [5, 5.41) is 3.41. The van der Waals surface area contributed by atoms with Gasteiger partial charge in [-0.15, -0.1) is 0 Å². The first kappa shape index (κ1) is 15.3. The minimum atomic E-state index is 0.862. The van der Waals surface area contributed by atoms with Crippen LogP contribution < -0.4 is 10.1 Å². The molecule has 2 rings (SSSR count). The molecule has 0 aliphatic rings. The van der Waals surface area contributed by atoms with Crippen molar-refractivity contribution in [2.45, 2.75) is 19.9 Å². The quantitative estimate of drug-likeness (QED) is 0.758. The SMILES string of the molecule is COc1ccccc1C=CCNCCCn1ccnc1C. The number of methoxy groups -OCH3 is 1. The molecule has 0 saturated carbocycles. The highest BCUT2D eigenvalue weighted by Crippen LogP contribution is 2.18. The molecular formula is C17H23N3O. The van der Waals surface area contributed by atoms with E-state index in [-0.39, 0.29) is 0 Å². The zero-order valence-electron chi connectivity index (χ0n) is 12.7. The van der Waals surface area contributed by atoms with Gasteiger partial charge < -0.3 is 14.6 Å². The van der Waals surface area contributed by atoms with Crippen LogP contribution in [-0.4, -0.2) is 29.8 Å². The maximum absolute atomic E-state index is 5.31. The number of hydrogen-bond acceptors (Lipinski definition) is 3. The Morgan fingerprint density at radius 1 is 1.33 bits per heavy atom. The topological polar surface area (TPSA) is 39.1 Å². The number of nitrogens with one attached hydrogen (secondary N) is 1. The average Bonchev–Trinajstić information content (AvgIpc) is 2.92. The molecule has 0 aliphatic carbocycles. The highest BCUT2D eigenvalue weighted by atomic mass is 16.5. The molecule has 1 aromatic heterocycles. The van der Waals surface area contributed by atoms with Gasteiger partial charge in [0.2, 0.25) is 0 Å². The predicted molar refractivity (Wildman–Crippen MR) is 86.5 cm³/mol. The monoisotopic (exact) mass is 285 g/mol. The molecule has 0 atom stereocenters. The van der Waals surface area contributed by atoms with Gasteiger partial charge in [0.1, 0.15) is 11.6 Å². The number of aryl methyl sites for hydroxylation is 2. The molecule has 0 radical (unpaired) electrons. The predicted octanol–water partition coefficient (Wildman–Crippen LogP) is 2.89. The van der Waals surface area contributed by atoms with Crippen molar-refractivity contribution in [2.75, 3.05) is 20.2 Å². The van der Waals surface area contributed by atoms with Crippen LogP contribution in [0.1, 0.15) is 17.8 Å². The van der Waals surface area contributed by atoms with Crippen molar-refractivity contribution in [3.05, 3.63) is 54.1 Å². The molecule has 1 N–H and O–H groups in total. The Kier molecular flexibility index (Phi) is 6.03. The number of imidazole rings is 1. The van der Waals surface area contributed by atoms with Crippen LogP contribution in [0.25, 0.3) is 6.08 Å². The first-order chi connectivity index (χ1) is 10.3. The molecule has 0 fully saturated rings. The van der Waals surface area contributed by atoms with Crippen LogP contribution in [0.4, 0.5) is 0 Å². The maximum atomic E-state index is 5.31. The van der Waals surface area contributed by atoms with Gasteiger partial charge in [-0.3, -0.25) is 0 Å². The average molecular weight is 285 g/mol. The van der Waals surface area contributed by atoms with E-state index in [1.54, 1.807) is 7.11 Å². The van der Waals surface area contributed by atoms with Crippen molar-refractivity contribution < 1.29 is 4.74 Å². The third-order valence-electron chi connectivity index (χ3n) is 3.37. The van der Waals surface area contributed by atoms with E-state index in [1.165, 1.54) is 0 Å². The van der Waals surface area contributed by atoms with Crippen molar-refractivity contribution in [1.82, 2.24) is 14.9 Å². The number of nitrogens with zero attached hydrogens (tertiary/aromatic N) is 2. The van der Waals surface area contributed by atoms with Gasteiger partial charge in [0.05, 0.1) is 7.11 Å². The summed E-state index contributed by atoms with van der Waals surface area (Å²) in [6, 6.07) is 8.02. The lowest BCUT2D eigenvalue weighted by Gasteiger charge is -2.05. The number of rotatable bonds is 8. The first-order valence-electron chi connectivity index (χ1n) is 7.29. The first-order valence-corrected chi connectivity index (χ1v) is 7.29. The van der Waals surface area contributed by atoms with Crippen molar-refractivity contribution in [2.24, 2.45) is 0 Å². The summed E-state index contributed by atoms with van der Waals surface area (Å²) in [4.78, 5) is 4.21. The van der Waals surface area contributed by atoms with Crippen LogP contribution >= 0.6 is 0 Å². The van der Waals surface area contributed by atoms with Gasteiger partial charge in [-0.05, 0) is 26.0 Å². The summed E-state index contributed by atoms with van der Waals surface area (Å²) in [5.41, 5.74) is 1.11. The minimum Gasteiger partial charge on any atom is -0.496 e. The van der Waals surface area contributed by atoms with Crippen LogP contribution in [0.5, 0.6) is 5.75 Å². The molecule has 2 aromatic rings. The van der Waals surface area contributed by atoms with Gasteiger partial charge in [0, 0.05) is 31.0 Å². The fraction of sp³-hybridized carbons (Fsp3) is 0.353. The van der Waals surface area contributed by atoms with Crippen molar-refractivity contribution in [3.63, 3.8) is 0 Å². The van der Waals surface area contributed by atoms with E-state index in [4.69, 9.17) is 4.74 Å². The zero-order chi connectivity index (χ0) is 14.9. The highest BCUT2D eigenvalue weighted by Gasteiger charge is 1.97. The molecule has 21 heavy (non-hydrogen) atoms. The molecule has 0 aliphatic heterocycles. The minimum absolute atomic E-state index is 0.862. The Hall–Kier alpha value is -2.07. The normalized spacial score (nSPS) is 11.1. The lowest BCUT2D eigenvalue weighted by molar-refractivity contribution is 0.414. The molecule has 112 valence electrons. The number of hydrogen-bond donors (Lipinski definition) is 1.